The molecule has 0 saturated carbocycles. The molecule has 0 saturated heterocycles. The van der Waals surface area contributed by atoms with Gasteiger partial charge in [0.25, 0.3) is 5.91 Å². The van der Waals surface area contributed by atoms with Gasteiger partial charge in [0.05, 0.1) is 25.3 Å². The van der Waals surface area contributed by atoms with Crippen LogP contribution >= 0.6 is 0 Å². The van der Waals surface area contributed by atoms with Crippen LogP contribution in [0.4, 0.5) is 0 Å². The summed E-state index contributed by atoms with van der Waals surface area (Å²) < 4.78 is 11.5. The topological polar surface area (TPSA) is 93.7 Å². The van der Waals surface area contributed by atoms with Crippen molar-refractivity contribution < 1.29 is 23.9 Å². The first-order chi connectivity index (χ1) is 23.8. The van der Waals surface area contributed by atoms with Crippen LogP contribution in [0.2, 0.25) is 0 Å². The summed E-state index contributed by atoms with van der Waals surface area (Å²) in [6.45, 7) is 14.1. The fraction of sp³-hybridized carbons (Fsp3) is 0.465. The molecule has 268 valence electrons. The summed E-state index contributed by atoms with van der Waals surface area (Å²) in [4.78, 5) is 37.7. The zero-order valence-corrected chi connectivity index (χ0v) is 31.0. The molecule has 0 heterocycles. The first-order valence-corrected chi connectivity index (χ1v) is 18.2. The van der Waals surface area contributed by atoms with Crippen molar-refractivity contribution in [2.24, 2.45) is 0 Å². The Kier molecular flexibility index (Phi) is 13.8. The third kappa shape index (κ3) is 11.6. The number of carbonyl (C=O) groups is 3. The molecule has 2 amide bonds. The monoisotopic (exact) mass is 680 g/mol. The van der Waals surface area contributed by atoms with E-state index in [-0.39, 0.29) is 29.8 Å². The third-order valence-electron chi connectivity index (χ3n) is 9.05. The van der Waals surface area contributed by atoms with Crippen LogP contribution in [0.1, 0.15) is 114 Å². The Labute approximate surface area is 298 Å². The first-order valence-electron chi connectivity index (χ1n) is 18.2. The van der Waals surface area contributed by atoms with Crippen molar-refractivity contribution in [3.8, 4) is 5.75 Å². The second-order valence-electron chi connectivity index (χ2n) is 15.3. The van der Waals surface area contributed by atoms with Crippen molar-refractivity contribution in [2.75, 3.05) is 26.3 Å². The Morgan fingerprint density at radius 1 is 0.580 bits per heavy atom. The number of amides is 2. The van der Waals surface area contributed by atoms with Gasteiger partial charge in [0.15, 0.2) is 0 Å². The van der Waals surface area contributed by atoms with Crippen LogP contribution in [0, 0.1) is 0 Å². The second kappa shape index (κ2) is 18.0. The van der Waals surface area contributed by atoms with Crippen LogP contribution < -0.4 is 15.4 Å². The summed E-state index contributed by atoms with van der Waals surface area (Å²) in [5.41, 5.74) is 3.31. The molecule has 0 radical (unpaired) electrons. The van der Waals surface area contributed by atoms with Crippen LogP contribution in [-0.4, -0.2) is 44.1 Å². The lowest BCUT2D eigenvalue weighted by molar-refractivity contribution is -0.144. The molecular weight excluding hydrogens is 624 g/mol. The summed E-state index contributed by atoms with van der Waals surface area (Å²) >= 11 is 0. The summed E-state index contributed by atoms with van der Waals surface area (Å²) in [5, 5.41) is 8.80. The number of esters is 1. The molecule has 0 spiro atoms. The molecule has 0 unspecified atom stereocenters. The number of rotatable bonds is 17. The van der Waals surface area contributed by atoms with Crippen molar-refractivity contribution >= 4 is 39.3 Å². The van der Waals surface area contributed by atoms with Crippen molar-refractivity contribution in [2.45, 2.75) is 104 Å². The Morgan fingerprint density at radius 2 is 1.08 bits per heavy atom. The molecule has 4 rings (SSSR count). The Morgan fingerprint density at radius 3 is 1.62 bits per heavy atom. The molecule has 7 nitrogen and oxygen atoms in total. The van der Waals surface area contributed by atoms with E-state index < -0.39 is 11.9 Å². The number of benzene rings is 4. The minimum absolute atomic E-state index is 0.0801. The lowest BCUT2D eigenvalue weighted by Gasteiger charge is -2.26. The van der Waals surface area contributed by atoms with E-state index in [1.165, 1.54) is 24.0 Å². The Hall–Kier alpha value is -4.39. The summed E-state index contributed by atoms with van der Waals surface area (Å²) in [6.07, 6.45) is 8.63. The Balaban J connectivity index is 1.03. The van der Waals surface area contributed by atoms with E-state index in [1.54, 1.807) is 0 Å². The van der Waals surface area contributed by atoms with E-state index in [0.717, 1.165) is 72.4 Å². The van der Waals surface area contributed by atoms with E-state index in [4.69, 9.17) is 9.47 Å². The third-order valence-corrected chi connectivity index (χ3v) is 9.05. The number of hydrogen-bond acceptors (Lipinski definition) is 5. The van der Waals surface area contributed by atoms with Crippen LogP contribution in [0.5, 0.6) is 5.75 Å². The van der Waals surface area contributed by atoms with E-state index in [0.29, 0.717) is 12.2 Å². The number of fused-ring (bicyclic) bond motifs is 2. The molecule has 0 aliphatic rings. The predicted octanol–water partition coefficient (Wildman–Crippen LogP) is 9.18. The van der Waals surface area contributed by atoms with E-state index in [2.05, 4.69) is 76.4 Å². The number of hydrogen-bond donors (Lipinski definition) is 2. The molecule has 0 aromatic heterocycles. The average molecular weight is 681 g/mol. The van der Waals surface area contributed by atoms with Gasteiger partial charge in [-0.15, -0.1) is 0 Å². The van der Waals surface area contributed by atoms with Gasteiger partial charge in [0, 0.05) is 0 Å². The summed E-state index contributed by atoms with van der Waals surface area (Å²) in [7, 11) is 0. The van der Waals surface area contributed by atoms with Crippen LogP contribution in [-0.2, 0) is 25.2 Å². The number of ether oxygens (including phenoxy) is 2. The van der Waals surface area contributed by atoms with Gasteiger partial charge in [0.2, 0.25) is 5.91 Å². The van der Waals surface area contributed by atoms with Gasteiger partial charge >= 0.3 is 5.97 Å². The zero-order chi connectivity index (χ0) is 36.1. The van der Waals surface area contributed by atoms with Crippen molar-refractivity contribution in [1.82, 2.24) is 10.6 Å². The molecule has 4 aromatic carbocycles. The first kappa shape index (κ1) is 38.4. The standard InChI is InChI=1S/C43H56N2O5/c1-42(2,3)33-26-34(43(4,5)6)28-35(27-33)49-23-17-11-9-7-8-10-12-18-24-50-39(47)30-44-38(46)29-45-41(48)40-36-21-15-13-19-31(36)25-32-20-14-16-22-37(32)40/h13-16,19-22,25-28H,7-12,17-18,23-24,29-30H2,1-6H3,(H,44,46)(H,45,48). The molecule has 50 heavy (non-hydrogen) atoms. The maximum absolute atomic E-state index is 13.2. The van der Waals surface area contributed by atoms with Crippen LogP contribution in [0.3, 0.4) is 0 Å². The smallest absolute Gasteiger partial charge is 0.325 e. The predicted molar refractivity (Wildman–Crippen MR) is 204 cm³/mol. The summed E-state index contributed by atoms with van der Waals surface area (Å²) in [5.74, 6) is -0.291. The number of unbranched alkanes of at least 4 members (excludes halogenated alkanes) is 7. The van der Waals surface area contributed by atoms with Crippen molar-refractivity contribution in [3.63, 3.8) is 0 Å². The summed E-state index contributed by atoms with van der Waals surface area (Å²) in [6, 6.07) is 24.1. The minimum Gasteiger partial charge on any atom is -0.494 e. The van der Waals surface area contributed by atoms with Gasteiger partial charge in [-0.2, -0.15) is 0 Å². The highest BCUT2D eigenvalue weighted by Gasteiger charge is 2.21. The average Bonchev–Trinajstić information content (AvgIpc) is 3.08. The molecule has 4 aromatic rings. The zero-order valence-electron chi connectivity index (χ0n) is 31.0. The highest BCUT2D eigenvalue weighted by atomic mass is 16.5. The quantitative estimate of drug-likeness (QED) is 0.0659. The molecule has 0 aliphatic heterocycles. The van der Waals surface area contributed by atoms with E-state index in [1.807, 2.05) is 48.5 Å². The minimum atomic E-state index is -0.480. The largest absolute Gasteiger partial charge is 0.494 e. The van der Waals surface area contributed by atoms with Gasteiger partial charge < -0.3 is 20.1 Å². The van der Waals surface area contributed by atoms with Crippen molar-refractivity contribution in [3.05, 3.63) is 89.5 Å². The Bertz CT molecular complexity index is 1660. The molecule has 7 heteroatoms. The van der Waals surface area contributed by atoms with E-state index >= 15 is 0 Å². The van der Waals surface area contributed by atoms with E-state index in [9.17, 15) is 14.4 Å². The maximum atomic E-state index is 13.2. The van der Waals surface area contributed by atoms with Crippen LogP contribution in [0.15, 0.2) is 72.8 Å². The molecule has 0 bridgehead atoms. The highest BCUT2D eigenvalue weighted by Crippen LogP contribution is 2.33. The van der Waals surface area contributed by atoms with Gasteiger partial charge in [0.1, 0.15) is 12.3 Å². The number of carbonyl (C=O) groups excluding carboxylic acids is 3. The van der Waals surface area contributed by atoms with Gasteiger partial charge in [-0.3, -0.25) is 14.4 Å². The molecule has 0 atom stereocenters. The molecule has 0 aliphatic carbocycles. The molecule has 0 fully saturated rings. The molecular formula is C43H56N2O5. The number of nitrogens with one attached hydrogen (secondary N) is 2. The lowest BCUT2D eigenvalue weighted by Crippen LogP contribution is -2.39. The van der Waals surface area contributed by atoms with Crippen molar-refractivity contribution in [1.29, 1.82) is 0 Å². The van der Waals surface area contributed by atoms with Gasteiger partial charge in [-0.25, -0.2) is 0 Å². The van der Waals surface area contributed by atoms with Gasteiger partial charge in [-0.05, 0) is 74.5 Å². The van der Waals surface area contributed by atoms with Gasteiger partial charge in [-0.1, -0.05) is 135 Å². The maximum Gasteiger partial charge on any atom is 0.325 e. The van der Waals surface area contributed by atoms with Crippen LogP contribution in [0.25, 0.3) is 21.5 Å². The molecule has 2 N–H and O–H groups in total. The lowest BCUT2D eigenvalue weighted by atomic mass is 9.80. The normalized spacial score (nSPS) is 11.8. The highest BCUT2D eigenvalue weighted by molar-refractivity contribution is 6.18. The fourth-order valence-corrected chi connectivity index (χ4v) is 5.98. The fourth-order valence-electron chi connectivity index (χ4n) is 5.98. The SMILES string of the molecule is CC(C)(C)c1cc(OCCCCCCCCCCOC(=O)CNC(=O)CNC(=O)c2c3ccccc3cc3ccccc23)cc(C(C)(C)C)c1. The second-order valence-corrected chi connectivity index (χ2v) is 15.3.